The van der Waals surface area contributed by atoms with Crippen molar-refractivity contribution in [3.8, 4) is 11.1 Å². The summed E-state index contributed by atoms with van der Waals surface area (Å²) in [4.78, 5) is 4.92. The van der Waals surface area contributed by atoms with Crippen LogP contribution in [0.15, 0.2) is 48.5 Å². The Labute approximate surface area is 198 Å². The molecule has 4 heteroatoms. The second-order valence-electron chi connectivity index (χ2n) is 6.80. The summed E-state index contributed by atoms with van der Waals surface area (Å²) in [6.07, 6.45) is 0. The molecule has 0 unspecified atom stereocenters. The monoisotopic (exact) mass is 498 g/mol. The summed E-state index contributed by atoms with van der Waals surface area (Å²) in [5, 5.41) is 4.33. The molecule has 1 N–H and O–H groups in total. The van der Waals surface area contributed by atoms with E-state index in [1.807, 2.05) is 12.1 Å². The third-order valence-electron chi connectivity index (χ3n) is 4.66. The first kappa shape index (κ1) is 20.4. The number of hydrogen-bond acceptors (Lipinski definition) is 3. The quantitative estimate of drug-likeness (QED) is 0.317. The van der Waals surface area contributed by atoms with Crippen LogP contribution in [-0.4, -0.2) is 4.98 Å². The minimum Gasteiger partial charge on any atom is -0.355 e. The summed E-state index contributed by atoms with van der Waals surface area (Å²) in [6.45, 7) is 8.59. The molecular weight excluding hydrogens is 477 g/mol. The van der Waals surface area contributed by atoms with Gasteiger partial charge in [0.1, 0.15) is 0 Å². The van der Waals surface area contributed by atoms with Gasteiger partial charge in [-0.1, -0.05) is 53.8 Å². The van der Waals surface area contributed by atoms with Crippen molar-refractivity contribution in [1.29, 1.82) is 0 Å². The molecule has 4 rings (SSSR count). The standard InChI is InChI=1S/C23H21N2S.Pr/c1-14-12-16(3)21(17(4)13-14)18-9-7-11-20-22(18)25-23(26-20)24-19-10-6-5-8-15(19)2;/h5-9,11-13H,1-4H3,(H,24,25);/q-1;. The van der Waals surface area contributed by atoms with Gasteiger partial charge in [0.15, 0.2) is 5.13 Å². The number of hydrogen-bond donors (Lipinski definition) is 1. The average Bonchev–Trinajstić information content (AvgIpc) is 2.99. The number of rotatable bonds is 3. The number of aromatic nitrogens is 1. The molecule has 0 amide bonds. The molecule has 2 nitrogen and oxygen atoms in total. The first-order valence-electron chi connectivity index (χ1n) is 8.75. The Hall–Kier alpha value is -1.29. The normalized spacial score (nSPS) is 10.7. The van der Waals surface area contributed by atoms with E-state index in [1.165, 1.54) is 32.5 Å². The molecule has 0 saturated heterocycles. The molecular formula is C23H21N2PrS-. The van der Waals surface area contributed by atoms with Crippen LogP contribution in [0.3, 0.4) is 0 Å². The van der Waals surface area contributed by atoms with E-state index in [0.717, 1.165) is 21.9 Å². The minimum absolute atomic E-state index is 0. The summed E-state index contributed by atoms with van der Waals surface area (Å²) in [7, 11) is 0. The predicted molar refractivity (Wildman–Crippen MR) is 113 cm³/mol. The van der Waals surface area contributed by atoms with Crippen molar-refractivity contribution in [3.05, 3.63) is 76.9 Å². The number of thiazole rings is 1. The van der Waals surface area contributed by atoms with Gasteiger partial charge in [-0.25, -0.2) is 4.98 Å². The van der Waals surface area contributed by atoms with E-state index in [2.05, 4.69) is 75.5 Å². The second kappa shape index (κ2) is 8.38. The molecule has 0 aliphatic rings. The maximum absolute atomic E-state index is 4.92. The van der Waals surface area contributed by atoms with Crippen LogP contribution in [0.25, 0.3) is 21.3 Å². The Kier molecular flexibility index (Phi) is 6.35. The maximum atomic E-state index is 4.92. The SMILES string of the molecule is Cc1cc(C)c(-c2cccc3sc(Nc4[c-]cccc4C)nc23)c(C)c1.[Pr]. The Morgan fingerprint density at radius 2 is 1.67 bits per heavy atom. The minimum atomic E-state index is 0. The molecule has 1 aromatic heterocycles. The topological polar surface area (TPSA) is 24.9 Å². The number of fused-ring (bicyclic) bond motifs is 1. The van der Waals surface area contributed by atoms with Gasteiger partial charge in [0.25, 0.3) is 0 Å². The van der Waals surface area contributed by atoms with Crippen molar-refractivity contribution < 1.29 is 41.3 Å². The van der Waals surface area contributed by atoms with Crippen molar-refractivity contribution >= 4 is 32.4 Å². The predicted octanol–water partition coefficient (Wildman–Crippen LogP) is 6.74. The Balaban J connectivity index is 0.00000210. The van der Waals surface area contributed by atoms with Crippen LogP contribution in [-0.2, 0) is 0 Å². The van der Waals surface area contributed by atoms with E-state index in [9.17, 15) is 0 Å². The summed E-state index contributed by atoms with van der Waals surface area (Å²) < 4.78 is 1.19. The fourth-order valence-electron chi connectivity index (χ4n) is 3.57. The van der Waals surface area contributed by atoms with Gasteiger partial charge < -0.3 is 5.32 Å². The fraction of sp³-hybridized carbons (Fsp3) is 0.174. The van der Waals surface area contributed by atoms with Crippen LogP contribution in [0, 0.1) is 75.1 Å². The molecule has 0 bridgehead atoms. The van der Waals surface area contributed by atoms with Crippen LogP contribution in [0.5, 0.6) is 0 Å². The summed E-state index contributed by atoms with van der Waals surface area (Å²) in [5.74, 6) is 0. The fourth-order valence-corrected chi connectivity index (χ4v) is 4.47. The Bertz CT molecular complexity index is 1090. The van der Waals surface area contributed by atoms with Crippen molar-refractivity contribution in [2.75, 3.05) is 5.32 Å². The molecule has 0 atom stereocenters. The van der Waals surface area contributed by atoms with Gasteiger partial charge in [-0.3, -0.25) is 0 Å². The zero-order chi connectivity index (χ0) is 18.3. The number of anilines is 2. The summed E-state index contributed by atoms with van der Waals surface area (Å²) in [5.41, 5.74) is 9.59. The van der Waals surface area contributed by atoms with Gasteiger partial charge in [0, 0.05) is 46.9 Å². The molecule has 27 heavy (non-hydrogen) atoms. The zero-order valence-electron chi connectivity index (χ0n) is 16.1. The largest absolute Gasteiger partial charge is 0.355 e. The van der Waals surface area contributed by atoms with Gasteiger partial charge in [-0.2, -0.15) is 24.3 Å². The van der Waals surface area contributed by atoms with E-state index in [1.54, 1.807) is 11.3 Å². The molecule has 0 aliphatic carbocycles. The summed E-state index contributed by atoms with van der Waals surface area (Å²) in [6, 6.07) is 20.2. The molecule has 133 valence electrons. The molecule has 3 aromatic carbocycles. The van der Waals surface area contributed by atoms with Crippen molar-refractivity contribution in [1.82, 2.24) is 4.98 Å². The number of para-hydroxylation sites is 2. The molecule has 0 spiro atoms. The first-order valence-corrected chi connectivity index (χ1v) is 9.56. The molecule has 0 aliphatic heterocycles. The number of nitrogens with one attached hydrogen (secondary N) is 1. The van der Waals surface area contributed by atoms with Crippen LogP contribution in [0.1, 0.15) is 22.3 Å². The zero-order valence-corrected chi connectivity index (χ0v) is 20.6. The van der Waals surface area contributed by atoms with Gasteiger partial charge >= 0.3 is 0 Å². The van der Waals surface area contributed by atoms with E-state index in [-0.39, 0.29) is 41.3 Å². The van der Waals surface area contributed by atoms with Crippen molar-refractivity contribution in [3.63, 3.8) is 0 Å². The van der Waals surface area contributed by atoms with E-state index in [0.29, 0.717) is 0 Å². The van der Waals surface area contributed by atoms with Crippen molar-refractivity contribution in [2.45, 2.75) is 27.7 Å². The van der Waals surface area contributed by atoms with Gasteiger partial charge in [0.2, 0.25) is 0 Å². The Morgan fingerprint density at radius 3 is 2.37 bits per heavy atom. The third kappa shape index (κ3) is 4.11. The number of benzene rings is 3. The third-order valence-corrected chi connectivity index (χ3v) is 5.60. The van der Waals surface area contributed by atoms with Crippen LogP contribution in [0.2, 0.25) is 0 Å². The molecule has 1 heterocycles. The summed E-state index contributed by atoms with van der Waals surface area (Å²) >= 11 is 1.68. The Morgan fingerprint density at radius 1 is 0.926 bits per heavy atom. The van der Waals surface area contributed by atoms with E-state index < -0.39 is 0 Å². The van der Waals surface area contributed by atoms with Gasteiger partial charge in [-0.05, 0) is 43.5 Å². The number of nitrogens with zero attached hydrogens (tertiary/aromatic N) is 1. The van der Waals surface area contributed by atoms with Gasteiger partial charge in [-0.15, -0.1) is 5.56 Å². The first-order chi connectivity index (χ1) is 12.5. The van der Waals surface area contributed by atoms with Gasteiger partial charge in [0.05, 0.1) is 10.2 Å². The molecule has 0 saturated carbocycles. The van der Waals surface area contributed by atoms with Crippen molar-refractivity contribution in [2.24, 2.45) is 0 Å². The molecule has 1 radical (unpaired) electrons. The molecule has 0 fully saturated rings. The second-order valence-corrected chi connectivity index (χ2v) is 7.83. The van der Waals surface area contributed by atoms with Crippen LogP contribution in [0.4, 0.5) is 10.8 Å². The van der Waals surface area contributed by atoms with E-state index >= 15 is 0 Å². The van der Waals surface area contributed by atoms with E-state index in [4.69, 9.17) is 4.98 Å². The maximum Gasteiger partial charge on any atom is 0.186 e. The van der Waals surface area contributed by atoms with Crippen LogP contribution < -0.4 is 5.32 Å². The number of aryl methyl sites for hydroxylation is 4. The molecule has 4 aromatic rings. The van der Waals surface area contributed by atoms with Crippen LogP contribution >= 0.6 is 11.3 Å². The average molecular weight is 498 g/mol. The smallest absolute Gasteiger partial charge is 0.186 e.